The molecule has 2 aromatic heterocycles. The highest BCUT2D eigenvalue weighted by Gasteiger charge is 2.25. The van der Waals surface area contributed by atoms with Gasteiger partial charge in [0.15, 0.2) is 0 Å². The van der Waals surface area contributed by atoms with Crippen LogP contribution in [0.15, 0.2) is 29.1 Å². The second-order valence-corrected chi connectivity index (χ2v) is 8.67. The van der Waals surface area contributed by atoms with Crippen LogP contribution in [0, 0.1) is 5.92 Å². The highest BCUT2D eigenvalue weighted by Crippen LogP contribution is 2.36. The summed E-state index contributed by atoms with van der Waals surface area (Å²) in [6, 6.07) is 7.22. The van der Waals surface area contributed by atoms with E-state index in [-0.39, 0.29) is 18.5 Å². The summed E-state index contributed by atoms with van der Waals surface area (Å²) in [7, 11) is 0. The molecule has 4 rings (SSSR count). The van der Waals surface area contributed by atoms with Crippen LogP contribution in [0.3, 0.4) is 0 Å². The Morgan fingerprint density at radius 1 is 1.37 bits per heavy atom. The minimum atomic E-state index is -0.440. The van der Waals surface area contributed by atoms with Crippen molar-refractivity contribution in [1.82, 2.24) is 9.55 Å². The van der Waals surface area contributed by atoms with Crippen LogP contribution in [0.25, 0.3) is 21.6 Å². The van der Waals surface area contributed by atoms with Gasteiger partial charge in [0.1, 0.15) is 10.7 Å². The third-order valence-corrected chi connectivity index (χ3v) is 6.50. The number of nitrogens with two attached hydrogens (primary N) is 1. The lowest BCUT2D eigenvalue weighted by Gasteiger charge is -2.17. The van der Waals surface area contributed by atoms with Crippen LogP contribution >= 0.6 is 22.9 Å². The fourth-order valence-corrected chi connectivity index (χ4v) is 5.17. The number of primary amides is 1. The molecule has 0 saturated heterocycles. The topological polar surface area (TPSA) is 78.0 Å². The summed E-state index contributed by atoms with van der Waals surface area (Å²) in [5.41, 5.74) is 7.18. The van der Waals surface area contributed by atoms with Crippen molar-refractivity contribution in [2.24, 2.45) is 11.7 Å². The van der Waals surface area contributed by atoms with Gasteiger partial charge in [-0.25, -0.2) is 4.98 Å². The van der Waals surface area contributed by atoms with Gasteiger partial charge >= 0.3 is 0 Å². The number of benzene rings is 1. The van der Waals surface area contributed by atoms with Gasteiger partial charge in [-0.05, 0) is 55.0 Å². The van der Waals surface area contributed by atoms with E-state index in [2.05, 4.69) is 6.92 Å². The first kappa shape index (κ1) is 18.2. The van der Waals surface area contributed by atoms with Crippen LogP contribution in [-0.4, -0.2) is 15.5 Å². The number of aryl methyl sites for hydroxylation is 1. The van der Waals surface area contributed by atoms with Crippen molar-refractivity contribution in [3.63, 3.8) is 0 Å². The second kappa shape index (κ2) is 7.09. The summed E-state index contributed by atoms with van der Waals surface area (Å²) in [5, 5.41) is 1.33. The molecule has 0 spiro atoms. The number of aromatic nitrogens is 2. The molecule has 5 nitrogen and oxygen atoms in total. The number of rotatable bonds is 4. The van der Waals surface area contributed by atoms with E-state index in [9.17, 15) is 9.59 Å². The maximum Gasteiger partial charge on any atom is 0.262 e. The quantitative estimate of drug-likeness (QED) is 0.722. The fraction of sp³-hybridized carbons (Fsp3) is 0.350. The van der Waals surface area contributed by atoms with Crippen molar-refractivity contribution >= 4 is 39.1 Å². The third-order valence-electron chi connectivity index (χ3n) is 5.10. The van der Waals surface area contributed by atoms with Crippen molar-refractivity contribution in [2.75, 3.05) is 0 Å². The zero-order chi connectivity index (χ0) is 19.1. The fourth-order valence-electron chi connectivity index (χ4n) is 3.67. The van der Waals surface area contributed by atoms with E-state index in [0.29, 0.717) is 22.2 Å². The zero-order valence-corrected chi connectivity index (χ0v) is 16.6. The molecule has 1 unspecified atom stereocenters. The average Bonchev–Trinajstić information content (AvgIpc) is 2.98. The normalized spacial score (nSPS) is 16.4. The summed E-state index contributed by atoms with van der Waals surface area (Å²) < 4.78 is 1.58. The lowest BCUT2D eigenvalue weighted by atomic mass is 9.89. The Morgan fingerprint density at radius 3 is 2.81 bits per heavy atom. The molecule has 27 heavy (non-hydrogen) atoms. The smallest absolute Gasteiger partial charge is 0.262 e. The molecule has 0 aliphatic heterocycles. The number of hydrogen-bond donors (Lipinski definition) is 1. The van der Waals surface area contributed by atoms with Crippen molar-refractivity contribution in [3.8, 4) is 11.4 Å². The zero-order valence-electron chi connectivity index (χ0n) is 15.0. The van der Waals surface area contributed by atoms with Gasteiger partial charge in [-0.15, -0.1) is 11.3 Å². The van der Waals surface area contributed by atoms with Crippen molar-refractivity contribution in [1.29, 1.82) is 0 Å². The molecular weight excluding hydrogens is 382 g/mol. The molecule has 0 saturated carbocycles. The largest absolute Gasteiger partial charge is 0.370 e. The number of carbonyl (C=O) groups excluding carboxylic acids is 1. The monoisotopic (exact) mass is 401 g/mol. The van der Waals surface area contributed by atoms with E-state index in [1.54, 1.807) is 28.0 Å². The van der Waals surface area contributed by atoms with Crippen molar-refractivity contribution in [2.45, 2.75) is 39.2 Å². The summed E-state index contributed by atoms with van der Waals surface area (Å²) in [6.07, 6.45) is 3.08. The lowest BCUT2D eigenvalue weighted by Crippen LogP contribution is -2.26. The van der Waals surface area contributed by atoms with Gasteiger partial charge in [0, 0.05) is 28.4 Å². The molecule has 140 valence electrons. The molecule has 1 aliphatic rings. The SMILES string of the molecule is CC1CCc2c(sc3nc(-c4ccc(Cl)cc4)n(CCC(N)=O)c(=O)c23)C1. The maximum absolute atomic E-state index is 13.4. The van der Waals surface area contributed by atoms with Crippen LogP contribution in [-0.2, 0) is 24.2 Å². The Kier molecular flexibility index (Phi) is 4.78. The Morgan fingerprint density at radius 2 is 2.11 bits per heavy atom. The molecule has 0 fully saturated rings. The highest BCUT2D eigenvalue weighted by atomic mass is 35.5. The van der Waals surface area contributed by atoms with Gasteiger partial charge in [0.2, 0.25) is 5.91 Å². The third kappa shape index (κ3) is 3.39. The first-order chi connectivity index (χ1) is 12.9. The molecule has 2 heterocycles. The molecule has 1 aromatic carbocycles. The van der Waals surface area contributed by atoms with Gasteiger partial charge in [-0.2, -0.15) is 0 Å². The molecule has 2 N–H and O–H groups in total. The summed E-state index contributed by atoms with van der Waals surface area (Å²) in [6.45, 7) is 2.46. The molecule has 3 aromatic rings. The second-order valence-electron chi connectivity index (χ2n) is 7.15. The molecule has 1 atom stereocenters. The standard InChI is InChI=1S/C20H20ClN3O2S/c1-11-2-7-14-15(10-11)27-19-17(14)20(26)24(9-8-16(22)25)18(23-19)12-3-5-13(21)6-4-12/h3-6,11H,2,7-10H2,1H3,(H2,22,25). The lowest BCUT2D eigenvalue weighted by molar-refractivity contribution is -0.118. The van der Waals surface area contributed by atoms with Crippen LogP contribution in [0.4, 0.5) is 0 Å². The van der Waals surface area contributed by atoms with Crippen LogP contribution in [0.1, 0.15) is 30.2 Å². The number of fused-ring (bicyclic) bond motifs is 3. The van der Waals surface area contributed by atoms with E-state index < -0.39 is 5.91 Å². The van der Waals surface area contributed by atoms with Gasteiger partial charge in [-0.3, -0.25) is 14.2 Å². The van der Waals surface area contributed by atoms with E-state index in [0.717, 1.165) is 35.2 Å². The average molecular weight is 402 g/mol. The number of amides is 1. The Balaban J connectivity index is 1.95. The van der Waals surface area contributed by atoms with Gasteiger partial charge in [0.05, 0.1) is 5.39 Å². The Bertz CT molecular complexity index is 1090. The highest BCUT2D eigenvalue weighted by molar-refractivity contribution is 7.18. The van der Waals surface area contributed by atoms with Crippen LogP contribution in [0.5, 0.6) is 0 Å². The minimum Gasteiger partial charge on any atom is -0.370 e. The van der Waals surface area contributed by atoms with Crippen molar-refractivity contribution < 1.29 is 4.79 Å². The minimum absolute atomic E-state index is 0.0850. The summed E-state index contributed by atoms with van der Waals surface area (Å²) >= 11 is 7.62. The maximum atomic E-state index is 13.4. The van der Waals surface area contributed by atoms with E-state index in [1.165, 1.54) is 4.88 Å². The summed E-state index contributed by atoms with van der Waals surface area (Å²) in [4.78, 5) is 31.6. The molecule has 1 amide bonds. The van der Waals surface area contributed by atoms with E-state index in [4.69, 9.17) is 22.3 Å². The van der Waals surface area contributed by atoms with Gasteiger partial charge in [-0.1, -0.05) is 18.5 Å². The Hall–Kier alpha value is -2.18. The molecule has 7 heteroatoms. The molecule has 1 aliphatic carbocycles. The van der Waals surface area contributed by atoms with Crippen molar-refractivity contribution in [3.05, 3.63) is 50.1 Å². The molecular formula is C20H20ClN3O2S. The van der Waals surface area contributed by atoms with E-state index >= 15 is 0 Å². The predicted octanol–water partition coefficient (Wildman–Crippen LogP) is 3.78. The van der Waals surface area contributed by atoms with E-state index in [1.807, 2.05) is 12.1 Å². The van der Waals surface area contributed by atoms with Gasteiger partial charge in [0.25, 0.3) is 5.56 Å². The summed E-state index contributed by atoms with van der Waals surface area (Å²) in [5.74, 6) is 0.737. The van der Waals surface area contributed by atoms with Gasteiger partial charge < -0.3 is 5.73 Å². The number of nitrogens with zero attached hydrogens (tertiary/aromatic N) is 2. The number of hydrogen-bond acceptors (Lipinski definition) is 4. The molecule has 0 bridgehead atoms. The molecule has 0 radical (unpaired) electrons. The van der Waals surface area contributed by atoms with Crippen LogP contribution in [0.2, 0.25) is 5.02 Å². The number of halogens is 1. The van der Waals surface area contributed by atoms with Crippen LogP contribution < -0.4 is 11.3 Å². The first-order valence-corrected chi connectivity index (χ1v) is 10.2. The predicted molar refractivity (Wildman–Crippen MR) is 109 cm³/mol. The number of carbonyl (C=O) groups is 1. The Labute approximate surface area is 165 Å². The number of thiophene rings is 1. The first-order valence-electron chi connectivity index (χ1n) is 9.03.